The van der Waals surface area contributed by atoms with Crippen LogP contribution in [-0.2, 0) is 9.47 Å². The van der Waals surface area contributed by atoms with Crippen LogP contribution in [0, 0.1) is 0 Å². The average molecular weight is 329 g/mol. The topological polar surface area (TPSA) is 35.5 Å². The Balaban J connectivity index is 1.88. The highest BCUT2D eigenvalue weighted by atomic mass is 35.5. The van der Waals surface area contributed by atoms with E-state index in [2.05, 4.69) is 0 Å². The monoisotopic (exact) mass is 328 g/mol. The minimum atomic E-state index is -0.364. The van der Waals surface area contributed by atoms with Crippen LogP contribution in [0.1, 0.15) is 26.4 Å². The van der Waals surface area contributed by atoms with Crippen molar-refractivity contribution in [2.45, 2.75) is 6.29 Å². The van der Waals surface area contributed by atoms with Gasteiger partial charge in [0.05, 0.1) is 28.0 Å². The normalized spacial score (nSPS) is 15.7. The maximum absolute atomic E-state index is 12.4. The summed E-state index contributed by atoms with van der Waals surface area (Å²) in [6.45, 7) is 1.15. The second-order valence-electron chi connectivity index (χ2n) is 4.23. The fourth-order valence-corrected chi connectivity index (χ4v) is 3.26. The molecule has 0 bridgehead atoms. The van der Waals surface area contributed by atoms with Crippen LogP contribution in [0.5, 0.6) is 0 Å². The largest absolute Gasteiger partial charge is 0.345 e. The van der Waals surface area contributed by atoms with E-state index in [-0.39, 0.29) is 12.1 Å². The number of halogens is 2. The Bertz CT molecular complexity index is 648. The van der Waals surface area contributed by atoms with Gasteiger partial charge in [0.2, 0.25) is 5.78 Å². The van der Waals surface area contributed by atoms with Gasteiger partial charge in [-0.05, 0) is 30.3 Å². The van der Waals surface area contributed by atoms with Gasteiger partial charge in [0.1, 0.15) is 0 Å². The minimum absolute atomic E-state index is 0.147. The summed E-state index contributed by atoms with van der Waals surface area (Å²) in [7, 11) is 0. The van der Waals surface area contributed by atoms with E-state index in [9.17, 15) is 4.79 Å². The number of rotatable bonds is 3. The zero-order valence-electron chi connectivity index (χ0n) is 10.3. The molecular weight excluding hydrogens is 319 g/mol. The highest BCUT2D eigenvalue weighted by molar-refractivity contribution is 7.14. The minimum Gasteiger partial charge on any atom is -0.345 e. The molecular formula is C14H10Cl2O3S. The molecule has 0 N–H and O–H groups in total. The summed E-state index contributed by atoms with van der Waals surface area (Å²) >= 11 is 13.3. The second-order valence-corrected chi connectivity index (χ2v) is 6.19. The van der Waals surface area contributed by atoms with E-state index in [1.807, 2.05) is 6.07 Å². The van der Waals surface area contributed by atoms with Crippen molar-refractivity contribution in [3.8, 4) is 0 Å². The number of ether oxygens (including phenoxy) is 2. The number of ketones is 1. The number of thiophene rings is 1. The average Bonchev–Trinajstić information content (AvgIpc) is 3.10. The van der Waals surface area contributed by atoms with Crippen LogP contribution < -0.4 is 0 Å². The molecule has 1 saturated heterocycles. The predicted molar refractivity (Wildman–Crippen MR) is 78.9 cm³/mol. The van der Waals surface area contributed by atoms with E-state index in [1.165, 1.54) is 11.3 Å². The van der Waals surface area contributed by atoms with Gasteiger partial charge in [0, 0.05) is 10.6 Å². The summed E-state index contributed by atoms with van der Waals surface area (Å²) in [5.41, 5.74) is 0.404. The van der Waals surface area contributed by atoms with Gasteiger partial charge in [0.15, 0.2) is 6.29 Å². The zero-order valence-corrected chi connectivity index (χ0v) is 12.6. The Morgan fingerprint density at radius 3 is 2.65 bits per heavy atom. The first-order valence-electron chi connectivity index (χ1n) is 5.98. The van der Waals surface area contributed by atoms with Crippen LogP contribution in [0.3, 0.4) is 0 Å². The molecule has 0 aliphatic carbocycles. The predicted octanol–water partition coefficient (Wildman–Crippen LogP) is 4.33. The zero-order chi connectivity index (χ0) is 14.1. The number of hydrogen-bond donors (Lipinski definition) is 0. The number of carbonyl (C=O) groups excluding carboxylic acids is 1. The van der Waals surface area contributed by atoms with Crippen molar-refractivity contribution in [3.05, 3.63) is 55.7 Å². The molecule has 1 aliphatic heterocycles. The Hall–Kier alpha value is -0.910. The maximum Gasteiger partial charge on any atom is 0.204 e. The number of carbonyl (C=O) groups is 1. The highest BCUT2D eigenvalue weighted by Gasteiger charge is 2.22. The van der Waals surface area contributed by atoms with Crippen molar-refractivity contribution in [1.82, 2.24) is 0 Å². The quantitative estimate of drug-likeness (QED) is 0.786. The van der Waals surface area contributed by atoms with Crippen molar-refractivity contribution < 1.29 is 14.3 Å². The summed E-state index contributed by atoms with van der Waals surface area (Å²) < 4.78 is 10.8. The first-order valence-corrected chi connectivity index (χ1v) is 7.55. The SMILES string of the molecule is O=C(c1ccc(C2OCCO2)s1)c1cc(Cl)ccc1Cl. The van der Waals surface area contributed by atoms with E-state index < -0.39 is 0 Å². The molecule has 1 aromatic carbocycles. The van der Waals surface area contributed by atoms with Crippen molar-refractivity contribution in [3.63, 3.8) is 0 Å². The summed E-state index contributed by atoms with van der Waals surface area (Å²) in [6.07, 6.45) is -0.364. The molecule has 0 atom stereocenters. The van der Waals surface area contributed by atoms with Crippen LogP contribution in [-0.4, -0.2) is 19.0 Å². The van der Waals surface area contributed by atoms with Crippen LogP contribution in [0.15, 0.2) is 30.3 Å². The van der Waals surface area contributed by atoms with Crippen LogP contribution >= 0.6 is 34.5 Å². The third kappa shape index (κ3) is 2.75. The third-order valence-electron chi connectivity index (χ3n) is 2.88. The lowest BCUT2D eigenvalue weighted by Crippen LogP contribution is -1.99. The first kappa shape index (κ1) is 14.0. The maximum atomic E-state index is 12.4. The molecule has 2 aromatic rings. The summed E-state index contributed by atoms with van der Waals surface area (Å²) in [5.74, 6) is -0.147. The van der Waals surface area contributed by atoms with E-state index in [1.54, 1.807) is 24.3 Å². The van der Waals surface area contributed by atoms with Gasteiger partial charge >= 0.3 is 0 Å². The lowest BCUT2D eigenvalue weighted by Gasteiger charge is -2.05. The van der Waals surface area contributed by atoms with Gasteiger partial charge in [-0.2, -0.15) is 0 Å². The van der Waals surface area contributed by atoms with Crippen LogP contribution in [0.4, 0.5) is 0 Å². The Labute approximate surface area is 130 Å². The van der Waals surface area contributed by atoms with Gasteiger partial charge in [-0.1, -0.05) is 23.2 Å². The molecule has 1 aliphatic rings. The molecule has 3 rings (SSSR count). The van der Waals surface area contributed by atoms with E-state index in [4.69, 9.17) is 32.7 Å². The highest BCUT2D eigenvalue weighted by Crippen LogP contribution is 2.32. The Kier molecular flexibility index (Phi) is 4.10. The molecule has 20 heavy (non-hydrogen) atoms. The van der Waals surface area contributed by atoms with Crippen LogP contribution in [0.2, 0.25) is 10.0 Å². The smallest absolute Gasteiger partial charge is 0.204 e. The molecule has 0 saturated carbocycles. The standard InChI is InChI=1S/C14H10Cl2O3S/c15-8-1-2-10(16)9(7-8)13(17)11-3-4-12(20-11)14-18-5-6-19-14/h1-4,7,14H,5-6H2. The molecule has 3 nitrogen and oxygen atoms in total. The van der Waals surface area contributed by atoms with Crippen molar-refractivity contribution >= 4 is 40.3 Å². The van der Waals surface area contributed by atoms with E-state index >= 15 is 0 Å². The number of benzene rings is 1. The summed E-state index contributed by atoms with van der Waals surface area (Å²) in [5, 5.41) is 0.875. The molecule has 0 amide bonds. The molecule has 2 heterocycles. The van der Waals surface area contributed by atoms with E-state index in [0.717, 1.165) is 4.88 Å². The molecule has 0 radical (unpaired) electrons. The number of hydrogen-bond acceptors (Lipinski definition) is 4. The van der Waals surface area contributed by atoms with Crippen molar-refractivity contribution in [1.29, 1.82) is 0 Å². The van der Waals surface area contributed by atoms with Gasteiger partial charge in [-0.3, -0.25) is 4.79 Å². The van der Waals surface area contributed by atoms with Crippen molar-refractivity contribution in [2.24, 2.45) is 0 Å². The summed E-state index contributed by atoms with van der Waals surface area (Å²) in [6, 6.07) is 8.45. The van der Waals surface area contributed by atoms with E-state index in [0.29, 0.717) is 33.7 Å². The van der Waals surface area contributed by atoms with Gasteiger partial charge in [-0.15, -0.1) is 11.3 Å². The van der Waals surface area contributed by atoms with Gasteiger partial charge < -0.3 is 9.47 Å². The van der Waals surface area contributed by atoms with Gasteiger partial charge in [0.25, 0.3) is 0 Å². The molecule has 1 aromatic heterocycles. The second kappa shape index (κ2) is 5.84. The van der Waals surface area contributed by atoms with Gasteiger partial charge in [-0.25, -0.2) is 0 Å². The summed E-state index contributed by atoms with van der Waals surface area (Å²) in [4.78, 5) is 13.9. The van der Waals surface area contributed by atoms with Crippen molar-refractivity contribution in [2.75, 3.05) is 13.2 Å². The first-order chi connectivity index (χ1) is 9.65. The molecule has 104 valence electrons. The Morgan fingerprint density at radius 1 is 1.15 bits per heavy atom. The fraction of sp³-hybridized carbons (Fsp3) is 0.214. The molecule has 6 heteroatoms. The lowest BCUT2D eigenvalue weighted by molar-refractivity contribution is -0.0413. The van der Waals surface area contributed by atoms with Crippen LogP contribution in [0.25, 0.3) is 0 Å². The molecule has 0 spiro atoms. The fourth-order valence-electron chi connectivity index (χ4n) is 1.93. The Morgan fingerprint density at radius 2 is 1.90 bits per heavy atom. The molecule has 1 fully saturated rings. The molecule has 0 unspecified atom stereocenters. The lowest BCUT2D eigenvalue weighted by atomic mass is 10.1. The third-order valence-corrected chi connectivity index (χ3v) is 4.55.